The van der Waals surface area contributed by atoms with Crippen molar-refractivity contribution in [3.8, 4) is 10.6 Å². The van der Waals surface area contributed by atoms with Gasteiger partial charge >= 0.3 is 5.97 Å². The van der Waals surface area contributed by atoms with Crippen LogP contribution in [0.15, 0.2) is 18.2 Å². The highest BCUT2D eigenvalue weighted by Crippen LogP contribution is 2.40. The number of benzene rings is 1. The molecule has 21 heavy (non-hydrogen) atoms. The summed E-state index contributed by atoms with van der Waals surface area (Å²) < 4.78 is 5.14. The van der Waals surface area contributed by atoms with E-state index in [-0.39, 0.29) is 11.9 Å². The van der Waals surface area contributed by atoms with Crippen molar-refractivity contribution in [3.63, 3.8) is 0 Å². The number of aromatic nitrogens is 1. The molecule has 1 unspecified atom stereocenters. The Morgan fingerprint density at radius 3 is 3.05 bits per heavy atom. The van der Waals surface area contributed by atoms with E-state index >= 15 is 0 Å². The van der Waals surface area contributed by atoms with Gasteiger partial charge in [0.1, 0.15) is 10.9 Å². The molecule has 0 aliphatic heterocycles. The van der Waals surface area contributed by atoms with Crippen molar-refractivity contribution >= 4 is 28.9 Å². The summed E-state index contributed by atoms with van der Waals surface area (Å²) in [4.78, 5) is 17.8. The van der Waals surface area contributed by atoms with Crippen LogP contribution in [0, 0.1) is 6.92 Å². The van der Waals surface area contributed by atoms with Gasteiger partial charge in [-0.1, -0.05) is 23.7 Å². The van der Waals surface area contributed by atoms with Gasteiger partial charge in [-0.25, -0.2) is 4.98 Å². The number of rotatable bonds is 3. The number of carbonyl (C=O) groups is 1. The predicted octanol–water partition coefficient (Wildman–Crippen LogP) is 4.36. The summed E-state index contributed by atoms with van der Waals surface area (Å²) in [5, 5.41) is 1.67. The number of fused-ring (bicyclic) bond motifs is 1. The normalized spacial score (nSPS) is 16.8. The minimum Gasteiger partial charge on any atom is -0.465 e. The SMILES string of the molecule is CCOC(=O)C1CCc2sc(-c3ccc(C)c(Cl)c3)nc21. The molecule has 3 nitrogen and oxygen atoms in total. The van der Waals surface area contributed by atoms with Crippen molar-refractivity contribution in [2.45, 2.75) is 32.6 Å². The Hall–Kier alpha value is -1.39. The molecule has 0 fully saturated rings. The number of halogens is 1. The highest BCUT2D eigenvalue weighted by atomic mass is 35.5. The Labute approximate surface area is 132 Å². The van der Waals surface area contributed by atoms with Crippen LogP contribution >= 0.6 is 22.9 Å². The molecule has 5 heteroatoms. The minimum atomic E-state index is -0.203. The first-order valence-electron chi connectivity index (χ1n) is 7.03. The van der Waals surface area contributed by atoms with Crippen LogP contribution in [0.2, 0.25) is 5.02 Å². The number of hydrogen-bond acceptors (Lipinski definition) is 4. The molecular formula is C16H16ClNO2S. The van der Waals surface area contributed by atoms with Crippen LogP contribution < -0.4 is 0 Å². The smallest absolute Gasteiger partial charge is 0.315 e. The highest BCUT2D eigenvalue weighted by Gasteiger charge is 2.33. The number of carbonyl (C=O) groups excluding carboxylic acids is 1. The molecule has 1 aromatic heterocycles. The van der Waals surface area contributed by atoms with Gasteiger partial charge in [-0.15, -0.1) is 11.3 Å². The van der Waals surface area contributed by atoms with Gasteiger partial charge < -0.3 is 4.74 Å². The van der Waals surface area contributed by atoms with E-state index in [1.165, 1.54) is 4.88 Å². The average Bonchev–Trinajstić information content (AvgIpc) is 3.01. The summed E-state index contributed by atoms with van der Waals surface area (Å²) in [6.07, 6.45) is 1.71. The zero-order valence-electron chi connectivity index (χ0n) is 12.0. The first-order valence-corrected chi connectivity index (χ1v) is 8.22. The quantitative estimate of drug-likeness (QED) is 0.788. The maximum atomic E-state index is 12.0. The number of aryl methyl sites for hydroxylation is 2. The van der Waals surface area contributed by atoms with Gasteiger partial charge in [0.2, 0.25) is 0 Å². The van der Waals surface area contributed by atoms with E-state index in [0.29, 0.717) is 6.61 Å². The van der Waals surface area contributed by atoms with Crippen LogP contribution in [-0.2, 0) is 16.0 Å². The lowest BCUT2D eigenvalue weighted by atomic mass is 10.1. The molecule has 0 saturated carbocycles. The molecule has 1 aliphatic carbocycles. The van der Waals surface area contributed by atoms with Gasteiger partial charge in [0, 0.05) is 15.5 Å². The summed E-state index contributed by atoms with van der Waals surface area (Å²) in [7, 11) is 0. The lowest BCUT2D eigenvalue weighted by Gasteiger charge is -2.08. The van der Waals surface area contributed by atoms with Crippen LogP contribution in [0.1, 0.15) is 35.4 Å². The van der Waals surface area contributed by atoms with Crippen molar-refractivity contribution in [3.05, 3.63) is 39.4 Å². The third-order valence-corrected chi connectivity index (χ3v) is 5.29. The van der Waals surface area contributed by atoms with Gasteiger partial charge in [0.25, 0.3) is 0 Å². The maximum absolute atomic E-state index is 12.0. The van der Waals surface area contributed by atoms with Crippen LogP contribution in [0.25, 0.3) is 10.6 Å². The Balaban J connectivity index is 1.92. The molecule has 3 rings (SSSR count). The molecule has 2 aromatic rings. The summed E-state index contributed by atoms with van der Waals surface area (Å²) in [5.74, 6) is -0.360. The van der Waals surface area contributed by atoms with E-state index in [4.69, 9.17) is 16.3 Å². The van der Waals surface area contributed by atoms with Crippen molar-refractivity contribution in [2.75, 3.05) is 6.61 Å². The molecule has 0 radical (unpaired) electrons. The van der Waals surface area contributed by atoms with E-state index in [9.17, 15) is 4.79 Å². The van der Waals surface area contributed by atoms with E-state index in [1.807, 2.05) is 32.0 Å². The summed E-state index contributed by atoms with van der Waals surface area (Å²) in [6.45, 7) is 4.22. The van der Waals surface area contributed by atoms with Crippen LogP contribution in [0.3, 0.4) is 0 Å². The van der Waals surface area contributed by atoms with E-state index in [1.54, 1.807) is 11.3 Å². The Kier molecular flexibility index (Phi) is 4.00. The van der Waals surface area contributed by atoms with Gasteiger partial charge in [-0.2, -0.15) is 0 Å². The number of nitrogens with zero attached hydrogens (tertiary/aromatic N) is 1. The minimum absolute atomic E-state index is 0.157. The topological polar surface area (TPSA) is 39.2 Å². The third-order valence-electron chi connectivity index (χ3n) is 3.71. The Morgan fingerprint density at radius 2 is 2.33 bits per heavy atom. The molecule has 1 aliphatic rings. The fraction of sp³-hybridized carbons (Fsp3) is 0.375. The van der Waals surface area contributed by atoms with Crippen molar-refractivity contribution < 1.29 is 9.53 Å². The molecule has 1 aromatic carbocycles. The van der Waals surface area contributed by atoms with Crippen LogP contribution in [0.5, 0.6) is 0 Å². The summed E-state index contributed by atoms with van der Waals surface area (Å²) in [6, 6.07) is 5.95. The van der Waals surface area contributed by atoms with Crippen LogP contribution in [-0.4, -0.2) is 17.6 Å². The second-order valence-electron chi connectivity index (χ2n) is 5.13. The fourth-order valence-corrected chi connectivity index (χ4v) is 3.86. The maximum Gasteiger partial charge on any atom is 0.315 e. The first kappa shape index (κ1) is 14.5. The molecule has 1 heterocycles. The number of hydrogen-bond donors (Lipinski definition) is 0. The van der Waals surface area contributed by atoms with Gasteiger partial charge in [-0.05, 0) is 38.3 Å². The standard InChI is InChI=1S/C16H16ClNO2S/c1-3-20-16(19)11-6-7-13-14(11)18-15(21-13)10-5-4-9(2)12(17)8-10/h4-5,8,11H,3,6-7H2,1-2H3. The summed E-state index contributed by atoms with van der Waals surface area (Å²) in [5.41, 5.74) is 2.95. The molecule has 0 spiro atoms. The Morgan fingerprint density at radius 1 is 1.52 bits per heavy atom. The van der Waals surface area contributed by atoms with Gasteiger partial charge in [-0.3, -0.25) is 4.79 Å². The van der Waals surface area contributed by atoms with Crippen molar-refractivity contribution in [2.24, 2.45) is 0 Å². The molecule has 0 amide bonds. The Bertz CT molecular complexity index is 696. The molecular weight excluding hydrogens is 306 g/mol. The first-order chi connectivity index (χ1) is 10.1. The number of esters is 1. The van der Waals surface area contributed by atoms with Crippen molar-refractivity contribution in [1.29, 1.82) is 0 Å². The average molecular weight is 322 g/mol. The predicted molar refractivity (Wildman–Crippen MR) is 85.0 cm³/mol. The van der Waals surface area contributed by atoms with Gasteiger partial charge in [0.15, 0.2) is 0 Å². The lowest BCUT2D eigenvalue weighted by molar-refractivity contribution is -0.145. The number of ether oxygens (including phenoxy) is 1. The molecule has 0 saturated heterocycles. The fourth-order valence-electron chi connectivity index (χ4n) is 2.55. The molecule has 110 valence electrons. The second-order valence-corrected chi connectivity index (χ2v) is 6.63. The lowest BCUT2D eigenvalue weighted by Crippen LogP contribution is -2.14. The zero-order valence-corrected chi connectivity index (χ0v) is 13.6. The zero-order chi connectivity index (χ0) is 15.0. The van der Waals surface area contributed by atoms with Crippen molar-refractivity contribution in [1.82, 2.24) is 4.98 Å². The molecule has 0 N–H and O–H groups in total. The highest BCUT2D eigenvalue weighted by molar-refractivity contribution is 7.15. The number of thiazole rings is 1. The van der Waals surface area contributed by atoms with E-state index in [0.717, 1.165) is 39.7 Å². The largest absolute Gasteiger partial charge is 0.465 e. The monoisotopic (exact) mass is 321 g/mol. The second kappa shape index (κ2) is 5.78. The van der Waals surface area contributed by atoms with E-state index < -0.39 is 0 Å². The van der Waals surface area contributed by atoms with Gasteiger partial charge in [0.05, 0.1) is 12.3 Å². The molecule has 0 bridgehead atoms. The van der Waals surface area contributed by atoms with Crippen LogP contribution in [0.4, 0.5) is 0 Å². The third kappa shape index (κ3) is 2.70. The molecule has 1 atom stereocenters. The van der Waals surface area contributed by atoms with E-state index in [2.05, 4.69) is 4.98 Å². The summed E-state index contributed by atoms with van der Waals surface area (Å²) >= 11 is 7.83.